The van der Waals surface area contributed by atoms with Gasteiger partial charge in [0.2, 0.25) is 0 Å². The summed E-state index contributed by atoms with van der Waals surface area (Å²) in [5, 5.41) is 4.50. The van der Waals surface area contributed by atoms with Gasteiger partial charge in [-0.05, 0) is 40.8 Å². The molecule has 2 aromatic carbocycles. The van der Waals surface area contributed by atoms with Crippen molar-refractivity contribution in [2.45, 2.75) is 6.36 Å². The number of nitrogens with one attached hydrogen (secondary N) is 1. The maximum atomic E-state index is 12.2. The Morgan fingerprint density at radius 2 is 1.84 bits per heavy atom. The van der Waals surface area contributed by atoms with Crippen LogP contribution in [0.5, 0.6) is 5.75 Å². The fourth-order valence-corrected chi connectivity index (χ4v) is 2.92. The van der Waals surface area contributed by atoms with Gasteiger partial charge in [0.25, 0.3) is 5.91 Å². The first-order chi connectivity index (χ1) is 11.9. The van der Waals surface area contributed by atoms with Gasteiger partial charge < -0.3 is 10.1 Å². The third kappa shape index (κ3) is 4.60. The van der Waals surface area contributed by atoms with Crippen molar-refractivity contribution in [2.75, 3.05) is 5.32 Å². The zero-order chi connectivity index (χ0) is 17.9. The summed E-state index contributed by atoms with van der Waals surface area (Å²) in [7, 11) is 0. The average molecular weight is 362 g/mol. The van der Waals surface area contributed by atoms with Crippen LogP contribution in [0.15, 0.2) is 60.0 Å². The molecule has 0 atom stereocenters. The molecule has 3 aromatic rings. The fraction of sp³-hybridized carbons (Fsp3) is 0.0556. The lowest BCUT2D eigenvalue weighted by Crippen LogP contribution is -2.16. The molecular formula is C18H11F3NO2S. The second-order valence-corrected chi connectivity index (χ2v) is 5.91. The molecule has 7 heteroatoms. The van der Waals surface area contributed by atoms with Gasteiger partial charge in [-0.3, -0.25) is 4.79 Å². The molecule has 0 aliphatic heterocycles. The number of halogens is 3. The van der Waals surface area contributed by atoms with Crippen molar-refractivity contribution in [3.8, 4) is 16.9 Å². The van der Waals surface area contributed by atoms with Crippen molar-refractivity contribution < 1.29 is 22.7 Å². The minimum absolute atomic E-state index is 0.268. The predicted molar refractivity (Wildman–Crippen MR) is 89.7 cm³/mol. The number of amides is 1. The van der Waals surface area contributed by atoms with Crippen LogP contribution in [0.25, 0.3) is 11.1 Å². The largest absolute Gasteiger partial charge is 0.573 e. The average Bonchev–Trinajstić information content (AvgIpc) is 3.05. The molecule has 127 valence electrons. The number of thiophene rings is 1. The van der Waals surface area contributed by atoms with Crippen LogP contribution in [0.1, 0.15) is 9.67 Å². The summed E-state index contributed by atoms with van der Waals surface area (Å²) >= 11 is 1.25. The zero-order valence-electron chi connectivity index (χ0n) is 12.6. The molecule has 25 heavy (non-hydrogen) atoms. The van der Waals surface area contributed by atoms with Gasteiger partial charge in [0.05, 0.1) is 4.88 Å². The molecule has 3 rings (SSSR count). The lowest BCUT2D eigenvalue weighted by molar-refractivity contribution is -0.274. The van der Waals surface area contributed by atoms with Gasteiger partial charge in [0, 0.05) is 11.8 Å². The SMILES string of the molecule is O=C(Nc1[c]cccc1)c1cc(-c2ccc(OC(F)(F)F)cc2)cs1. The number of hydrogen-bond acceptors (Lipinski definition) is 3. The van der Waals surface area contributed by atoms with E-state index >= 15 is 0 Å². The molecule has 0 unspecified atom stereocenters. The molecule has 1 N–H and O–H groups in total. The monoisotopic (exact) mass is 362 g/mol. The van der Waals surface area contributed by atoms with Crippen LogP contribution in [0.2, 0.25) is 0 Å². The van der Waals surface area contributed by atoms with E-state index in [4.69, 9.17) is 0 Å². The maximum Gasteiger partial charge on any atom is 0.573 e. The van der Waals surface area contributed by atoms with Crippen LogP contribution in [0.4, 0.5) is 18.9 Å². The van der Waals surface area contributed by atoms with Crippen LogP contribution >= 0.6 is 11.3 Å². The number of anilines is 1. The highest BCUT2D eigenvalue weighted by Gasteiger charge is 2.30. The summed E-state index contributed by atoms with van der Waals surface area (Å²) in [6.07, 6.45) is -4.72. The smallest absolute Gasteiger partial charge is 0.406 e. The van der Waals surface area contributed by atoms with Gasteiger partial charge in [-0.1, -0.05) is 30.3 Å². The zero-order valence-corrected chi connectivity index (χ0v) is 13.4. The molecule has 3 nitrogen and oxygen atoms in total. The number of benzene rings is 2. The van der Waals surface area contributed by atoms with Crippen molar-refractivity contribution in [3.63, 3.8) is 0 Å². The van der Waals surface area contributed by atoms with E-state index in [1.165, 1.54) is 35.6 Å². The molecule has 0 bridgehead atoms. The third-order valence-corrected chi connectivity index (χ3v) is 4.13. The lowest BCUT2D eigenvalue weighted by Gasteiger charge is -2.08. The van der Waals surface area contributed by atoms with E-state index in [-0.39, 0.29) is 11.7 Å². The summed E-state index contributed by atoms with van der Waals surface area (Å²) < 4.78 is 40.3. The second kappa shape index (κ2) is 6.98. The topological polar surface area (TPSA) is 38.3 Å². The summed E-state index contributed by atoms with van der Waals surface area (Å²) in [6.45, 7) is 0. The Morgan fingerprint density at radius 3 is 2.48 bits per heavy atom. The molecule has 0 saturated heterocycles. The normalized spacial score (nSPS) is 11.2. The van der Waals surface area contributed by atoms with Crippen LogP contribution in [0.3, 0.4) is 0 Å². The number of alkyl halides is 3. The highest BCUT2D eigenvalue weighted by atomic mass is 32.1. The van der Waals surface area contributed by atoms with Gasteiger partial charge >= 0.3 is 6.36 Å². The minimum atomic E-state index is -4.72. The maximum absolute atomic E-state index is 12.2. The molecule has 0 aliphatic rings. The highest BCUT2D eigenvalue weighted by Crippen LogP contribution is 2.29. The van der Waals surface area contributed by atoms with E-state index in [9.17, 15) is 18.0 Å². The summed E-state index contributed by atoms with van der Waals surface area (Å²) in [6, 6.07) is 17.1. The quantitative estimate of drug-likeness (QED) is 0.678. The molecule has 1 radical (unpaired) electrons. The Bertz CT molecular complexity index is 858. The first kappa shape index (κ1) is 17.0. The first-order valence-corrected chi connectivity index (χ1v) is 8.01. The Hall–Kier alpha value is -2.80. The molecule has 0 aliphatic carbocycles. The van der Waals surface area contributed by atoms with Crippen molar-refractivity contribution in [2.24, 2.45) is 0 Å². The number of carbonyl (C=O) groups excluding carboxylic acids is 1. The van der Waals surface area contributed by atoms with Crippen molar-refractivity contribution >= 4 is 22.9 Å². The second-order valence-electron chi connectivity index (χ2n) is 5.00. The number of hydrogen-bond donors (Lipinski definition) is 1. The van der Waals surface area contributed by atoms with Crippen LogP contribution in [-0.4, -0.2) is 12.3 Å². The van der Waals surface area contributed by atoms with Gasteiger partial charge in [-0.15, -0.1) is 24.5 Å². The highest BCUT2D eigenvalue weighted by molar-refractivity contribution is 7.12. The third-order valence-electron chi connectivity index (χ3n) is 3.20. The minimum Gasteiger partial charge on any atom is -0.406 e. The molecule has 0 spiro atoms. The van der Waals surface area contributed by atoms with Gasteiger partial charge in [-0.2, -0.15) is 0 Å². The Labute approximate surface area is 145 Å². The molecular weight excluding hydrogens is 351 g/mol. The van der Waals surface area contributed by atoms with E-state index in [0.29, 0.717) is 16.1 Å². The molecule has 1 amide bonds. The van der Waals surface area contributed by atoms with Gasteiger partial charge in [0.15, 0.2) is 0 Å². The van der Waals surface area contributed by atoms with Crippen molar-refractivity contribution in [3.05, 3.63) is 70.9 Å². The van der Waals surface area contributed by atoms with E-state index in [1.807, 2.05) is 0 Å². The number of carbonyl (C=O) groups is 1. The Kier molecular flexibility index (Phi) is 4.76. The van der Waals surface area contributed by atoms with E-state index in [0.717, 1.165) is 5.56 Å². The number of ether oxygens (including phenoxy) is 1. The number of rotatable bonds is 4. The lowest BCUT2D eigenvalue weighted by atomic mass is 10.1. The van der Waals surface area contributed by atoms with Crippen LogP contribution in [-0.2, 0) is 0 Å². The van der Waals surface area contributed by atoms with E-state index < -0.39 is 6.36 Å². The summed E-state index contributed by atoms with van der Waals surface area (Å²) in [5.41, 5.74) is 2.00. The predicted octanol–water partition coefficient (Wildman–Crippen LogP) is 5.37. The molecule has 0 saturated carbocycles. The molecule has 0 fully saturated rings. The number of para-hydroxylation sites is 1. The van der Waals surface area contributed by atoms with Crippen LogP contribution < -0.4 is 10.1 Å². The fourth-order valence-electron chi connectivity index (χ4n) is 2.11. The van der Waals surface area contributed by atoms with Gasteiger partial charge in [-0.25, -0.2) is 0 Å². The summed E-state index contributed by atoms with van der Waals surface area (Å²) in [5.74, 6) is -0.556. The van der Waals surface area contributed by atoms with Gasteiger partial charge in [0.1, 0.15) is 5.75 Å². The Morgan fingerprint density at radius 1 is 1.08 bits per heavy atom. The first-order valence-electron chi connectivity index (χ1n) is 7.13. The van der Waals surface area contributed by atoms with E-state index in [2.05, 4.69) is 16.1 Å². The van der Waals surface area contributed by atoms with Crippen LogP contribution in [0, 0.1) is 6.07 Å². The molecule has 1 aromatic heterocycles. The molecule has 1 heterocycles. The van der Waals surface area contributed by atoms with E-state index in [1.54, 1.807) is 35.7 Å². The van der Waals surface area contributed by atoms with Crippen molar-refractivity contribution in [1.82, 2.24) is 0 Å². The Balaban J connectivity index is 1.71. The standard InChI is InChI=1S/C18H11F3NO2S/c19-18(20,21)24-15-8-6-12(7-9-15)13-10-16(25-11-13)17(23)22-14-4-2-1-3-5-14/h1-4,6-11H,(H,22,23). The summed E-state index contributed by atoms with van der Waals surface area (Å²) in [4.78, 5) is 12.7. The van der Waals surface area contributed by atoms with Crippen molar-refractivity contribution in [1.29, 1.82) is 0 Å².